The normalized spacial score (nSPS) is 30.1. The summed E-state index contributed by atoms with van der Waals surface area (Å²) in [5.74, 6) is -0.530. The lowest BCUT2D eigenvalue weighted by Gasteiger charge is -2.15. The number of hydrogen-bond donors (Lipinski definition) is 1. The van der Waals surface area contributed by atoms with Gasteiger partial charge in [-0.1, -0.05) is 12.2 Å². The van der Waals surface area contributed by atoms with Gasteiger partial charge in [0.1, 0.15) is 12.0 Å². The van der Waals surface area contributed by atoms with Crippen molar-refractivity contribution in [3.63, 3.8) is 0 Å². The summed E-state index contributed by atoms with van der Waals surface area (Å²) in [6, 6.07) is 0. The Morgan fingerprint density at radius 1 is 1.14 bits per heavy atom. The minimum absolute atomic E-state index is 0.451. The van der Waals surface area contributed by atoms with Crippen LogP contribution < -0.4 is 5.32 Å². The van der Waals surface area contributed by atoms with Crippen LogP contribution in [0, 0.1) is 0 Å². The van der Waals surface area contributed by atoms with Gasteiger partial charge >= 0.3 is 0 Å². The standard InChI is InChI=1S/C11H9F2N/c12-8-4-5-9(10(13)7-8)11-3-1-2-6-14-11/h1-7,10,14H. The van der Waals surface area contributed by atoms with Crippen LogP contribution in [0.25, 0.3) is 0 Å². The topological polar surface area (TPSA) is 12.0 Å². The molecule has 0 bridgehead atoms. The molecule has 0 aromatic rings. The summed E-state index contributed by atoms with van der Waals surface area (Å²) in [6.07, 6.45) is 9.35. The van der Waals surface area contributed by atoms with Gasteiger partial charge in [0, 0.05) is 17.5 Å². The first-order valence-electron chi connectivity index (χ1n) is 4.31. The lowest BCUT2D eigenvalue weighted by Crippen LogP contribution is -2.14. The molecular weight excluding hydrogens is 184 g/mol. The van der Waals surface area contributed by atoms with Gasteiger partial charge in [-0.15, -0.1) is 0 Å². The maximum atomic E-state index is 13.4. The fourth-order valence-corrected chi connectivity index (χ4v) is 1.36. The van der Waals surface area contributed by atoms with Gasteiger partial charge in [0.2, 0.25) is 0 Å². The Labute approximate surface area is 80.8 Å². The molecule has 1 atom stereocenters. The zero-order chi connectivity index (χ0) is 9.97. The second kappa shape index (κ2) is 3.62. The molecule has 1 aliphatic heterocycles. The average molecular weight is 193 g/mol. The first kappa shape index (κ1) is 8.94. The van der Waals surface area contributed by atoms with Crippen molar-refractivity contribution in [1.29, 1.82) is 0 Å². The summed E-state index contributed by atoms with van der Waals surface area (Å²) in [7, 11) is 0. The number of alkyl halides is 1. The maximum Gasteiger partial charge on any atom is 0.148 e. The zero-order valence-corrected chi connectivity index (χ0v) is 7.37. The highest BCUT2D eigenvalue weighted by Gasteiger charge is 2.16. The maximum absolute atomic E-state index is 13.4. The Bertz CT molecular complexity index is 386. The fraction of sp³-hybridized carbons (Fsp3) is 0.0909. The molecule has 1 heterocycles. The quantitative estimate of drug-likeness (QED) is 0.623. The van der Waals surface area contributed by atoms with Crippen molar-refractivity contribution in [2.75, 3.05) is 0 Å². The van der Waals surface area contributed by atoms with E-state index >= 15 is 0 Å². The lowest BCUT2D eigenvalue weighted by atomic mass is 10.0. The predicted molar refractivity (Wildman–Crippen MR) is 51.7 cm³/mol. The molecule has 0 amide bonds. The van der Waals surface area contributed by atoms with Gasteiger partial charge in [-0.05, 0) is 24.3 Å². The lowest BCUT2D eigenvalue weighted by molar-refractivity contribution is 0.441. The third kappa shape index (κ3) is 1.66. The molecule has 1 nitrogen and oxygen atoms in total. The van der Waals surface area contributed by atoms with Gasteiger partial charge < -0.3 is 5.32 Å². The molecular formula is C11H9F2N. The van der Waals surface area contributed by atoms with Crippen LogP contribution in [0.4, 0.5) is 8.78 Å². The molecule has 0 saturated carbocycles. The van der Waals surface area contributed by atoms with Crippen molar-refractivity contribution in [3.05, 3.63) is 59.8 Å². The highest BCUT2D eigenvalue weighted by atomic mass is 19.1. The summed E-state index contributed by atoms with van der Waals surface area (Å²) in [6.45, 7) is 0. The molecule has 14 heavy (non-hydrogen) atoms. The van der Waals surface area contributed by atoms with E-state index in [2.05, 4.69) is 5.32 Å². The van der Waals surface area contributed by atoms with E-state index in [9.17, 15) is 8.78 Å². The first-order chi connectivity index (χ1) is 6.77. The third-order valence-electron chi connectivity index (χ3n) is 2.04. The molecule has 1 unspecified atom stereocenters. The summed E-state index contributed by atoms with van der Waals surface area (Å²) in [5.41, 5.74) is 1.12. The predicted octanol–water partition coefficient (Wildman–Crippen LogP) is 2.67. The summed E-state index contributed by atoms with van der Waals surface area (Å²) in [4.78, 5) is 0. The van der Waals surface area contributed by atoms with Gasteiger partial charge in [0.25, 0.3) is 0 Å². The summed E-state index contributed by atoms with van der Waals surface area (Å²) < 4.78 is 26.0. The highest BCUT2D eigenvalue weighted by molar-refractivity contribution is 5.45. The van der Waals surface area contributed by atoms with E-state index in [0.717, 1.165) is 6.08 Å². The summed E-state index contributed by atoms with van der Waals surface area (Å²) in [5, 5.41) is 2.90. The number of dihydropyridines is 1. The number of rotatable bonds is 0. The Kier molecular flexibility index (Phi) is 2.31. The average Bonchev–Trinajstić information content (AvgIpc) is 2.19. The molecule has 1 aliphatic carbocycles. The van der Waals surface area contributed by atoms with Crippen LogP contribution in [0.15, 0.2) is 59.8 Å². The summed E-state index contributed by atoms with van der Waals surface area (Å²) >= 11 is 0. The van der Waals surface area contributed by atoms with Gasteiger partial charge in [-0.25, -0.2) is 8.78 Å². The third-order valence-corrected chi connectivity index (χ3v) is 2.04. The van der Waals surface area contributed by atoms with Crippen molar-refractivity contribution < 1.29 is 8.78 Å². The minimum atomic E-state index is -1.38. The Morgan fingerprint density at radius 3 is 2.64 bits per heavy atom. The molecule has 0 radical (unpaired) electrons. The van der Waals surface area contributed by atoms with E-state index in [4.69, 9.17) is 0 Å². The minimum Gasteiger partial charge on any atom is -0.361 e. The Morgan fingerprint density at radius 2 is 2.00 bits per heavy atom. The zero-order valence-electron chi connectivity index (χ0n) is 7.37. The highest BCUT2D eigenvalue weighted by Crippen LogP contribution is 2.23. The molecule has 2 aliphatic rings. The van der Waals surface area contributed by atoms with Crippen molar-refractivity contribution in [2.24, 2.45) is 0 Å². The van der Waals surface area contributed by atoms with E-state index in [1.807, 2.05) is 0 Å². The molecule has 72 valence electrons. The van der Waals surface area contributed by atoms with Crippen LogP contribution in [-0.4, -0.2) is 6.17 Å². The van der Waals surface area contributed by atoms with Crippen LogP contribution in [0.1, 0.15) is 0 Å². The van der Waals surface area contributed by atoms with E-state index in [0.29, 0.717) is 11.3 Å². The van der Waals surface area contributed by atoms with Gasteiger partial charge in [-0.2, -0.15) is 0 Å². The second-order valence-electron chi connectivity index (χ2n) is 3.02. The van der Waals surface area contributed by atoms with E-state index in [1.54, 1.807) is 24.4 Å². The van der Waals surface area contributed by atoms with Gasteiger partial charge in [0.15, 0.2) is 0 Å². The van der Waals surface area contributed by atoms with Crippen LogP contribution in [0.3, 0.4) is 0 Å². The van der Waals surface area contributed by atoms with E-state index in [1.165, 1.54) is 12.2 Å². The van der Waals surface area contributed by atoms with Crippen molar-refractivity contribution >= 4 is 0 Å². The second-order valence-corrected chi connectivity index (χ2v) is 3.02. The molecule has 0 spiro atoms. The number of allylic oxidation sites excluding steroid dienone is 8. The molecule has 1 N–H and O–H groups in total. The molecule has 0 fully saturated rings. The molecule has 2 rings (SSSR count). The van der Waals surface area contributed by atoms with Crippen LogP contribution in [0.5, 0.6) is 0 Å². The van der Waals surface area contributed by atoms with Crippen LogP contribution >= 0.6 is 0 Å². The van der Waals surface area contributed by atoms with Crippen LogP contribution in [-0.2, 0) is 0 Å². The Hall–Kier alpha value is -1.64. The first-order valence-corrected chi connectivity index (χ1v) is 4.31. The fourth-order valence-electron chi connectivity index (χ4n) is 1.36. The van der Waals surface area contributed by atoms with E-state index in [-0.39, 0.29) is 0 Å². The van der Waals surface area contributed by atoms with Crippen molar-refractivity contribution in [3.8, 4) is 0 Å². The van der Waals surface area contributed by atoms with E-state index < -0.39 is 12.0 Å². The number of nitrogens with one attached hydrogen (secondary N) is 1. The Balaban J connectivity index is 2.32. The van der Waals surface area contributed by atoms with Gasteiger partial charge in [0.05, 0.1) is 0 Å². The number of hydrogen-bond acceptors (Lipinski definition) is 1. The molecule has 0 saturated heterocycles. The molecule has 3 heteroatoms. The molecule has 0 aromatic heterocycles. The molecule has 0 aromatic carbocycles. The largest absolute Gasteiger partial charge is 0.361 e. The smallest absolute Gasteiger partial charge is 0.148 e. The monoisotopic (exact) mass is 193 g/mol. The van der Waals surface area contributed by atoms with Gasteiger partial charge in [-0.3, -0.25) is 0 Å². The SMILES string of the molecule is FC1=CC(F)C(=C2C=CC=CN2)C=C1. The van der Waals surface area contributed by atoms with Crippen LogP contribution in [0.2, 0.25) is 0 Å². The van der Waals surface area contributed by atoms with Crippen molar-refractivity contribution in [2.45, 2.75) is 6.17 Å². The number of halogens is 2. The van der Waals surface area contributed by atoms with Crippen molar-refractivity contribution in [1.82, 2.24) is 5.32 Å².